The summed E-state index contributed by atoms with van der Waals surface area (Å²) in [6, 6.07) is 14.1. The van der Waals surface area contributed by atoms with E-state index in [1.54, 1.807) is 7.11 Å². The van der Waals surface area contributed by atoms with Crippen molar-refractivity contribution >= 4 is 16.6 Å². The Kier molecular flexibility index (Phi) is 4.18. The number of rotatable bonds is 4. The number of H-pyrrole nitrogens is 1. The number of aromatic nitrogens is 1. The SMILES string of the molecule is COc1ccc2cc(CNc3cccc4c3CCCC4)c(=O)[nH]c2c1. The molecule has 1 aromatic heterocycles. The summed E-state index contributed by atoms with van der Waals surface area (Å²) < 4.78 is 5.22. The minimum Gasteiger partial charge on any atom is -0.497 e. The van der Waals surface area contributed by atoms with Crippen LogP contribution in [0.3, 0.4) is 0 Å². The smallest absolute Gasteiger partial charge is 0.253 e. The molecular formula is C21H22N2O2. The first kappa shape index (κ1) is 15.8. The summed E-state index contributed by atoms with van der Waals surface area (Å²) in [5.41, 5.74) is 5.49. The lowest BCUT2D eigenvalue weighted by Crippen LogP contribution is -2.16. The highest BCUT2D eigenvalue weighted by molar-refractivity contribution is 5.80. The normalized spacial score (nSPS) is 13.5. The molecule has 4 nitrogen and oxygen atoms in total. The van der Waals surface area contributed by atoms with Crippen LogP contribution in [0.4, 0.5) is 5.69 Å². The number of aromatic amines is 1. The molecule has 0 saturated heterocycles. The van der Waals surface area contributed by atoms with Gasteiger partial charge < -0.3 is 15.0 Å². The van der Waals surface area contributed by atoms with Gasteiger partial charge in [-0.05, 0) is 66.5 Å². The van der Waals surface area contributed by atoms with E-state index in [0.29, 0.717) is 6.54 Å². The predicted octanol–water partition coefficient (Wildman–Crippen LogP) is 4.03. The first-order valence-electron chi connectivity index (χ1n) is 8.79. The lowest BCUT2D eigenvalue weighted by atomic mass is 9.90. The highest BCUT2D eigenvalue weighted by atomic mass is 16.5. The van der Waals surface area contributed by atoms with Crippen LogP contribution < -0.4 is 15.6 Å². The zero-order chi connectivity index (χ0) is 17.2. The number of fused-ring (bicyclic) bond motifs is 2. The molecule has 1 aliphatic rings. The van der Waals surface area contributed by atoms with Crippen molar-refractivity contribution in [1.82, 2.24) is 4.98 Å². The molecule has 0 fully saturated rings. The van der Waals surface area contributed by atoms with Crippen LogP contribution in [0.15, 0.2) is 47.3 Å². The summed E-state index contributed by atoms with van der Waals surface area (Å²) in [6.07, 6.45) is 4.78. The molecular weight excluding hydrogens is 312 g/mol. The average Bonchev–Trinajstić information content (AvgIpc) is 2.66. The number of benzene rings is 2. The van der Waals surface area contributed by atoms with Gasteiger partial charge in [0.15, 0.2) is 0 Å². The van der Waals surface area contributed by atoms with Crippen molar-refractivity contribution in [3.05, 3.63) is 69.5 Å². The molecule has 1 heterocycles. The number of hydrogen-bond donors (Lipinski definition) is 2. The Hall–Kier alpha value is -2.75. The molecule has 0 saturated carbocycles. The average molecular weight is 334 g/mol. The standard InChI is InChI=1S/C21H22N2O2/c1-25-17-10-9-15-11-16(21(24)23-20(15)12-17)13-22-19-8-4-6-14-5-2-3-7-18(14)19/h4,6,8-12,22H,2-3,5,7,13H2,1H3,(H,23,24). The Morgan fingerprint density at radius 1 is 1.12 bits per heavy atom. The minimum atomic E-state index is -0.0574. The van der Waals surface area contributed by atoms with Crippen LogP contribution in [0, 0.1) is 0 Å². The van der Waals surface area contributed by atoms with E-state index in [9.17, 15) is 4.79 Å². The summed E-state index contributed by atoms with van der Waals surface area (Å²) >= 11 is 0. The van der Waals surface area contributed by atoms with Crippen LogP contribution in [0.5, 0.6) is 5.75 Å². The molecule has 0 spiro atoms. The highest BCUT2D eigenvalue weighted by Crippen LogP contribution is 2.28. The molecule has 128 valence electrons. The van der Waals surface area contributed by atoms with E-state index < -0.39 is 0 Å². The molecule has 1 aliphatic carbocycles. The molecule has 0 radical (unpaired) electrons. The fourth-order valence-electron chi connectivity index (χ4n) is 3.62. The highest BCUT2D eigenvalue weighted by Gasteiger charge is 2.13. The van der Waals surface area contributed by atoms with E-state index in [2.05, 4.69) is 28.5 Å². The van der Waals surface area contributed by atoms with Gasteiger partial charge in [0.2, 0.25) is 0 Å². The maximum absolute atomic E-state index is 12.4. The largest absolute Gasteiger partial charge is 0.497 e. The van der Waals surface area contributed by atoms with Gasteiger partial charge in [-0.15, -0.1) is 0 Å². The molecule has 0 unspecified atom stereocenters. The van der Waals surface area contributed by atoms with Crippen LogP contribution in [0.25, 0.3) is 10.9 Å². The van der Waals surface area contributed by atoms with Crippen LogP contribution >= 0.6 is 0 Å². The zero-order valence-electron chi connectivity index (χ0n) is 14.4. The molecule has 4 rings (SSSR count). The van der Waals surface area contributed by atoms with E-state index in [1.165, 1.54) is 24.0 Å². The lowest BCUT2D eigenvalue weighted by molar-refractivity contribution is 0.415. The Morgan fingerprint density at radius 2 is 2.00 bits per heavy atom. The van der Waals surface area contributed by atoms with Crippen molar-refractivity contribution in [2.24, 2.45) is 0 Å². The topological polar surface area (TPSA) is 54.1 Å². The molecule has 4 heteroatoms. The molecule has 0 bridgehead atoms. The molecule has 0 atom stereocenters. The van der Waals surface area contributed by atoms with E-state index in [4.69, 9.17) is 4.74 Å². The summed E-state index contributed by atoms with van der Waals surface area (Å²) in [6.45, 7) is 0.522. The van der Waals surface area contributed by atoms with Gasteiger partial charge >= 0.3 is 0 Å². The zero-order valence-corrected chi connectivity index (χ0v) is 14.4. The first-order chi connectivity index (χ1) is 12.2. The van der Waals surface area contributed by atoms with E-state index in [1.807, 2.05) is 24.3 Å². The number of methoxy groups -OCH3 is 1. The fourth-order valence-corrected chi connectivity index (χ4v) is 3.62. The van der Waals surface area contributed by atoms with Gasteiger partial charge in [0.25, 0.3) is 5.56 Å². The second-order valence-electron chi connectivity index (χ2n) is 6.58. The van der Waals surface area contributed by atoms with Crippen molar-refractivity contribution in [2.45, 2.75) is 32.2 Å². The number of anilines is 1. The van der Waals surface area contributed by atoms with Gasteiger partial charge in [0, 0.05) is 23.9 Å². The van der Waals surface area contributed by atoms with E-state index in [-0.39, 0.29) is 5.56 Å². The van der Waals surface area contributed by atoms with Crippen molar-refractivity contribution in [3.8, 4) is 5.75 Å². The Morgan fingerprint density at radius 3 is 2.88 bits per heavy atom. The summed E-state index contributed by atoms with van der Waals surface area (Å²) in [5, 5.41) is 4.48. The Bertz CT molecular complexity index is 975. The van der Waals surface area contributed by atoms with Gasteiger partial charge in [-0.1, -0.05) is 12.1 Å². The number of hydrogen-bond acceptors (Lipinski definition) is 3. The lowest BCUT2D eigenvalue weighted by Gasteiger charge is -2.20. The summed E-state index contributed by atoms with van der Waals surface area (Å²) in [4.78, 5) is 15.4. The van der Waals surface area contributed by atoms with Gasteiger partial charge in [0.1, 0.15) is 5.75 Å². The number of aryl methyl sites for hydroxylation is 1. The second kappa shape index (κ2) is 6.63. The third-order valence-electron chi connectivity index (χ3n) is 5.00. The van der Waals surface area contributed by atoms with E-state index in [0.717, 1.165) is 40.7 Å². The van der Waals surface area contributed by atoms with Crippen molar-refractivity contribution in [3.63, 3.8) is 0 Å². The predicted molar refractivity (Wildman–Crippen MR) is 102 cm³/mol. The monoisotopic (exact) mass is 334 g/mol. The van der Waals surface area contributed by atoms with Gasteiger partial charge in [-0.3, -0.25) is 4.79 Å². The second-order valence-corrected chi connectivity index (χ2v) is 6.58. The number of nitrogens with one attached hydrogen (secondary N) is 2. The minimum absolute atomic E-state index is 0.0574. The molecule has 0 amide bonds. The third-order valence-corrected chi connectivity index (χ3v) is 5.00. The molecule has 3 aromatic rings. The Balaban J connectivity index is 1.61. The van der Waals surface area contributed by atoms with Gasteiger partial charge in [-0.2, -0.15) is 0 Å². The fraction of sp³-hybridized carbons (Fsp3) is 0.286. The van der Waals surface area contributed by atoms with Crippen LogP contribution in [0.2, 0.25) is 0 Å². The first-order valence-corrected chi connectivity index (χ1v) is 8.79. The maximum atomic E-state index is 12.4. The number of ether oxygens (including phenoxy) is 1. The van der Waals surface area contributed by atoms with E-state index >= 15 is 0 Å². The maximum Gasteiger partial charge on any atom is 0.253 e. The van der Waals surface area contributed by atoms with Crippen LogP contribution in [-0.2, 0) is 19.4 Å². The molecule has 25 heavy (non-hydrogen) atoms. The molecule has 0 aliphatic heterocycles. The van der Waals surface area contributed by atoms with Crippen molar-refractivity contribution in [2.75, 3.05) is 12.4 Å². The third kappa shape index (κ3) is 3.12. The van der Waals surface area contributed by atoms with Crippen molar-refractivity contribution < 1.29 is 4.74 Å². The van der Waals surface area contributed by atoms with Crippen LogP contribution in [0.1, 0.15) is 29.5 Å². The quantitative estimate of drug-likeness (QED) is 0.757. The van der Waals surface area contributed by atoms with Crippen LogP contribution in [-0.4, -0.2) is 12.1 Å². The van der Waals surface area contributed by atoms with Crippen molar-refractivity contribution in [1.29, 1.82) is 0 Å². The molecule has 2 N–H and O–H groups in total. The molecule has 2 aromatic carbocycles. The number of pyridine rings is 1. The summed E-state index contributed by atoms with van der Waals surface area (Å²) in [5.74, 6) is 0.741. The summed E-state index contributed by atoms with van der Waals surface area (Å²) in [7, 11) is 1.62. The van der Waals surface area contributed by atoms with Gasteiger partial charge in [0.05, 0.1) is 12.6 Å². The Labute approximate surface area is 146 Å². The van der Waals surface area contributed by atoms with Gasteiger partial charge in [-0.25, -0.2) is 0 Å².